The lowest BCUT2D eigenvalue weighted by Crippen LogP contribution is -2.03. The zero-order valence-corrected chi connectivity index (χ0v) is 9.25. The van der Waals surface area contributed by atoms with Crippen LogP contribution < -0.4 is 5.32 Å². The Morgan fingerprint density at radius 3 is 2.88 bits per heavy atom. The molecule has 1 aliphatic heterocycles. The fraction of sp³-hybridized carbons (Fsp3) is 0. The molecule has 1 N–H and O–H groups in total. The van der Waals surface area contributed by atoms with E-state index in [1.54, 1.807) is 11.3 Å². The summed E-state index contributed by atoms with van der Waals surface area (Å²) in [6.45, 7) is 0. The summed E-state index contributed by atoms with van der Waals surface area (Å²) in [4.78, 5) is 11.8. The van der Waals surface area contributed by atoms with Gasteiger partial charge in [0.15, 0.2) is 0 Å². The van der Waals surface area contributed by atoms with Crippen molar-refractivity contribution in [2.75, 3.05) is 5.32 Å². The van der Waals surface area contributed by atoms with Gasteiger partial charge in [0.1, 0.15) is 0 Å². The summed E-state index contributed by atoms with van der Waals surface area (Å²) in [7, 11) is 0. The summed E-state index contributed by atoms with van der Waals surface area (Å²) in [5.41, 5.74) is 3.70. The highest BCUT2D eigenvalue weighted by molar-refractivity contribution is 7.08. The van der Waals surface area contributed by atoms with Crippen LogP contribution in [0.3, 0.4) is 0 Å². The van der Waals surface area contributed by atoms with E-state index in [4.69, 9.17) is 0 Å². The maximum absolute atomic E-state index is 11.8. The molecule has 0 bridgehead atoms. The molecule has 0 fully saturated rings. The number of rotatable bonds is 1. The molecular weight excluding hydrogens is 218 g/mol. The van der Waals surface area contributed by atoms with Gasteiger partial charge in [0.25, 0.3) is 5.91 Å². The largest absolute Gasteiger partial charge is 0.321 e. The summed E-state index contributed by atoms with van der Waals surface area (Å²) in [6, 6.07) is 9.76. The Balaban J connectivity index is 2.12. The van der Waals surface area contributed by atoms with Gasteiger partial charge in [-0.15, -0.1) is 0 Å². The number of anilines is 1. The zero-order valence-electron chi connectivity index (χ0n) is 8.44. The van der Waals surface area contributed by atoms with E-state index in [-0.39, 0.29) is 5.91 Å². The summed E-state index contributed by atoms with van der Waals surface area (Å²) in [5, 5.41) is 6.89. The lowest BCUT2D eigenvalue weighted by atomic mass is 10.1. The van der Waals surface area contributed by atoms with Crippen LogP contribution in [0.2, 0.25) is 0 Å². The first kappa shape index (κ1) is 9.36. The van der Waals surface area contributed by atoms with Gasteiger partial charge in [0.05, 0.1) is 0 Å². The molecule has 0 spiro atoms. The zero-order chi connectivity index (χ0) is 11.0. The molecule has 0 saturated carbocycles. The predicted octanol–water partition coefficient (Wildman–Crippen LogP) is 3.24. The van der Waals surface area contributed by atoms with E-state index in [2.05, 4.69) is 5.32 Å². The minimum atomic E-state index is -0.0209. The Labute approximate surface area is 97.2 Å². The summed E-state index contributed by atoms with van der Waals surface area (Å²) in [5.74, 6) is -0.0209. The summed E-state index contributed by atoms with van der Waals surface area (Å²) in [6.07, 6.45) is 1.93. The number of hydrogen-bond donors (Lipinski definition) is 1. The van der Waals surface area contributed by atoms with Gasteiger partial charge in [0.2, 0.25) is 0 Å². The van der Waals surface area contributed by atoms with Crippen molar-refractivity contribution >= 4 is 34.6 Å². The van der Waals surface area contributed by atoms with Crippen LogP contribution in [-0.2, 0) is 4.79 Å². The normalized spacial score (nSPS) is 16.2. The Morgan fingerprint density at radius 2 is 2.06 bits per heavy atom. The van der Waals surface area contributed by atoms with E-state index < -0.39 is 0 Å². The number of carbonyl (C=O) groups excluding carboxylic acids is 1. The molecule has 2 aromatic rings. The Kier molecular flexibility index (Phi) is 2.11. The minimum Gasteiger partial charge on any atom is -0.321 e. The minimum absolute atomic E-state index is 0.0209. The fourth-order valence-corrected chi connectivity index (χ4v) is 2.42. The second-order valence-electron chi connectivity index (χ2n) is 3.61. The quantitative estimate of drug-likeness (QED) is 0.744. The van der Waals surface area contributed by atoms with Crippen molar-refractivity contribution in [1.29, 1.82) is 0 Å². The van der Waals surface area contributed by atoms with Crippen molar-refractivity contribution < 1.29 is 4.79 Å². The standard InChI is InChI=1S/C13H9NOS/c15-13-11(7-9-5-6-16-8-9)10-3-1-2-4-12(10)14-13/h1-8H,(H,14,15)/b11-7-. The molecule has 0 aliphatic carbocycles. The molecule has 0 unspecified atom stereocenters. The number of thiophene rings is 1. The van der Waals surface area contributed by atoms with Gasteiger partial charge < -0.3 is 5.32 Å². The Hall–Kier alpha value is -1.87. The highest BCUT2D eigenvalue weighted by Crippen LogP contribution is 2.32. The third-order valence-electron chi connectivity index (χ3n) is 2.56. The van der Waals surface area contributed by atoms with Crippen LogP contribution in [0.1, 0.15) is 11.1 Å². The van der Waals surface area contributed by atoms with Crippen LogP contribution in [0.25, 0.3) is 11.6 Å². The molecule has 1 aromatic heterocycles. The second kappa shape index (κ2) is 3.61. The molecule has 2 heterocycles. The van der Waals surface area contributed by atoms with Gasteiger partial charge in [-0.1, -0.05) is 18.2 Å². The molecular formula is C13H9NOS. The van der Waals surface area contributed by atoms with E-state index in [0.717, 1.165) is 22.4 Å². The smallest absolute Gasteiger partial charge is 0.256 e. The molecule has 0 atom stereocenters. The van der Waals surface area contributed by atoms with Gasteiger partial charge >= 0.3 is 0 Å². The molecule has 1 aliphatic rings. The van der Waals surface area contributed by atoms with E-state index in [1.807, 2.05) is 47.2 Å². The number of fused-ring (bicyclic) bond motifs is 1. The van der Waals surface area contributed by atoms with E-state index in [0.29, 0.717) is 0 Å². The maximum Gasteiger partial charge on any atom is 0.256 e. The lowest BCUT2D eigenvalue weighted by Gasteiger charge is -1.95. The first-order valence-electron chi connectivity index (χ1n) is 4.99. The number of benzene rings is 1. The van der Waals surface area contributed by atoms with Crippen LogP contribution in [0.4, 0.5) is 5.69 Å². The molecule has 78 valence electrons. The molecule has 3 heteroatoms. The third kappa shape index (κ3) is 1.46. The van der Waals surface area contributed by atoms with Gasteiger partial charge in [0, 0.05) is 16.8 Å². The van der Waals surface area contributed by atoms with E-state index >= 15 is 0 Å². The average molecular weight is 227 g/mol. The molecule has 1 amide bonds. The first-order chi connectivity index (χ1) is 7.84. The van der Waals surface area contributed by atoms with Crippen LogP contribution >= 0.6 is 11.3 Å². The van der Waals surface area contributed by atoms with Crippen molar-refractivity contribution in [3.63, 3.8) is 0 Å². The molecule has 16 heavy (non-hydrogen) atoms. The van der Waals surface area contributed by atoms with Gasteiger partial charge in [-0.3, -0.25) is 4.79 Å². The lowest BCUT2D eigenvalue weighted by molar-refractivity contribution is -0.110. The van der Waals surface area contributed by atoms with Crippen molar-refractivity contribution in [3.05, 3.63) is 52.2 Å². The van der Waals surface area contributed by atoms with Gasteiger partial charge in [-0.2, -0.15) is 11.3 Å². The van der Waals surface area contributed by atoms with Crippen LogP contribution in [0.15, 0.2) is 41.1 Å². The third-order valence-corrected chi connectivity index (χ3v) is 3.27. The molecule has 2 nitrogen and oxygen atoms in total. The highest BCUT2D eigenvalue weighted by atomic mass is 32.1. The number of amides is 1. The second-order valence-corrected chi connectivity index (χ2v) is 4.39. The number of carbonyl (C=O) groups is 1. The first-order valence-corrected chi connectivity index (χ1v) is 5.93. The van der Waals surface area contributed by atoms with Crippen molar-refractivity contribution in [2.24, 2.45) is 0 Å². The predicted molar refractivity (Wildman–Crippen MR) is 67.3 cm³/mol. The molecule has 0 saturated heterocycles. The molecule has 1 aromatic carbocycles. The van der Waals surface area contributed by atoms with Crippen molar-refractivity contribution in [3.8, 4) is 0 Å². The van der Waals surface area contributed by atoms with Gasteiger partial charge in [-0.25, -0.2) is 0 Å². The Bertz CT molecular complexity index is 569. The maximum atomic E-state index is 11.8. The molecule has 3 rings (SSSR count). The van der Waals surface area contributed by atoms with Crippen LogP contribution in [0.5, 0.6) is 0 Å². The molecule has 0 radical (unpaired) electrons. The van der Waals surface area contributed by atoms with Crippen molar-refractivity contribution in [1.82, 2.24) is 0 Å². The van der Waals surface area contributed by atoms with Crippen LogP contribution in [-0.4, -0.2) is 5.91 Å². The Morgan fingerprint density at radius 1 is 1.19 bits per heavy atom. The highest BCUT2D eigenvalue weighted by Gasteiger charge is 2.22. The average Bonchev–Trinajstić information content (AvgIpc) is 2.89. The summed E-state index contributed by atoms with van der Waals surface area (Å²) < 4.78 is 0. The SMILES string of the molecule is O=C1Nc2ccccc2/C1=C/c1ccsc1. The number of para-hydroxylation sites is 1. The van der Waals surface area contributed by atoms with Crippen LogP contribution in [0, 0.1) is 0 Å². The topological polar surface area (TPSA) is 29.1 Å². The van der Waals surface area contributed by atoms with Gasteiger partial charge in [-0.05, 0) is 34.5 Å². The monoisotopic (exact) mass is 227 g/mol. The summed E-state index contributed by atoms with van der Waals surface area (Å²) >= 11 is 1.63. The van der Waals surface area contributed by atoms with E-state index in [9.17, 15) is 4.79 Å². The number of hydrogen-bond acceptors (Lipinski definition) is 2. The van der Waals surface area contributed by atoms with Crippen molar-refractivity contribution in [2.45, 2.75) is 0 Å². The fourth-order valence-electron chi connectivity index (χ4n) is 1.81. The van der Waals surface area contributed by atoms with E-state index in [1.165, 1.54) is 0 Å². The number of nitrogens with one attached hydrogen (secondary N) is 1.